The lowest BCUT2D eigenvalue weighted by Crippen LogP contribution is -1.92. The molecule has 214 valence electrons. The fourth-order valence-electron chi connectivity index (χ4n) is 7.49. The smallest absolute Gasteiger partial charge is 0.147 e. The Kier molecular flexibility index (Phi) is 5.31. The van der Waals surface area contributed by atoms with Crippen molar-refractivity contribution in [3.63, 3.8) is 0 Å². The number of furan rings is 2. The molecule has 0 spiro atoms. The lowest BCUT2D eigenvalue weighted by atomic mass is 9.83. The highest BCUT2D eigenvalue weighted by atomic mass is 16.3. The fourth-order valence-corrected chi connectivity index (χ4v) is 7.49. The highest BCUT2D eigenvalue weighted by molar-refractivity contribution is 6.29. The molecule has 0 aliphatic rings. The van der Waals surface area contributed by atoms with Gasteiger partial charge in [-0.25, -0.2) is 0 Å². The first kappa shape index (κ1) is 25.2. The molecular weight excluding hydrogens is 560 g/mol. The van der Waals surface area contributed by atoms with Crippen LogP contribution in [-0.2, 0) is 0 Å². The average molecular weight is 587 g/mol. The van der Waals surface area contributed by atoms with Crippen LogP contribution in [-0.4, -0.2) is 0 Å². The molecule has 2 heterocycles. The third kappa shape index (κ3) is 3.59. The first-order valence-electron chi connectivity index (χ1n) is 15.7. The Morgan fingerprint density at radius 1 is 0.348 bits per heavy atom. The van der Waals surface area contributed by atoms with Crippen LogP contribution < -0.4 is 0 Å². The quantitative estimate of drug-likeness (QED) is 0.193. The van der Waals surface area contributed by atoms with Crippen molar-refractivity contribution in [2.45, 2.75) is 0 Å². The summed E-state index contributed by atoms with van der Waals surface area (Å²) in [7, 11) is 0. The van der Waals surface area contributed by atoms with Crippen LogP contribution in [0.4, 0.5) is 0 Å². The van der Waals surface area contributed by atoms with Gasteiger partial charge in [0, 0.05) is 16.3 Å². The van der Waals surface area contributed by atoms with Crippen molar-refractivity contribution in [3.8, 4) is 33.6 Å². The molecule has 0 radical (unpaired) electrons. The molecule has 46 heavy (non-hydrogen) atoms. The molecule has 8 aromatic carbocycles. The second kappa shape index (κ2) is 9.69. The standard InChI is InChI=1S/C44H26O2/c1-2-14-28(15-3-1)39-25-36-40(45-39)26-37(43-35-22-10-11-24-38(35)46-44(36)43)42-33-20-8-6-18-31(33)41(32-19-7-9-21-34(32)42)30-23-12-16-27-13-4-5-17-29(27)30/h1-26H. The molecule has 2 aromatic heterocycles. The van der Waals surface area contributed by atoms with Gasteiger partial charge in [-0.15, -0.1) is 0 Å². The molecule has 0 aliphatic heterocycles. The summed E-state index contributed by atoms with van der Waals surface area (Å²) in [6.45, 7) is 0. The molecule has 10 rings (SSSR count). The van der Waals surface area contributed by atoms with E-state index in [4.69, 9.17) is 8.83 Å². The van der Waals surface area contributed by atoms with E-state index < -0.39 is 0 Å². The number of rotatable bonds is 3. The predicted molar refractivity (Wildman–Crippen MR) is 192 cm³/mol. The first-order valence-corrected chi connectivity index (χ1v) is 15.7. The number of hydrogen-bond donors (Lipinski definition) is 0. The van der Waals surface area contributed by atoms with Gasteiger partial charge in [-0.2, -0.15) is 0 Å². The summed E-state index contributed by atoms with van der Waals surface area (Å²) in [5.41, 5.74) is 8.37. The minimum atomic E-state index is 0.812. The highest BCUT2D eigenvalue weighted by Crippen LogP contribution is 2.49. The molecule has 10 aromatic rings. The Morgan fingerprint density at radius 3 is 1.63 bits per heavy atom. The molecule has 0 saturated carbocycles. The molecule has 0 fully saturated rings. The topological polar surface area (TPSA) is 26.3 Å². The van der Waals surface area contributed by atoms with Crippen LogP contribution in [0.3, 0.4) is 0 Å². The molecule has 0 saturated heterocycles. The van der Waals surface area contributed by atoms with Gasteiger partial charge in [-0.05, 0) is 72.8 Å². The minimum absolute atomic E-state index is 0.812. The molecule has 0 atom stereocenters. The van der Waals surface area contributed by atoms with Crippen LogP contribution in [0.2, 0.25) is 0 Å². The molecule has 0 aliphatic carbocycles. The SMILES string of the molecule is c1ccc(-c2cc3c(cc(-c4c5ccccc5c(-c5cccc6ccccc56)c5ccccc45)c4c5ccccc5oc34)o2)cc1. The van der Waals surface area contributed by atoms with Gasteiger partial charge in [0.15, 0.2) is 0 Å². The maximum Gasteiger partial charge on any atom is 0.147 e. The summed E-state index contributed by atoms with van der Waals surface area (Å²) in [5, 5.41) is 10.5. The third-order valence-electron chi connectivity index (χ3n) is 9.46. The summed E-state index contributed by atoms with van der Waals surface area (Å²) in [6, 6.07) is 56.0. The highest BCUT2D eigenvalue weighted by Gasteiger charge is 2.24. The second-order valence-corrected chi connectivity index (χ2v) is 12.0. The zero-order valence-electron chi connectivity index (χ0n) is 24.8. The summed E-state index contributed by atoms with van der Waals surface area (Å²) in [6.07, 6.45) is 0. The van der Waals surface area contributed by atoms with Gasteiger partial charge in [-0.3, -0.25) is 0 Å². The van der Waals surface area contributed by atoms with Gasteiger partial charge in [0.25, 0.3) is 0 Å². The van der Waals surface area contributed by atoms with E-state index in [2.05, 4.69) is 133 Å². The maximum absolute atomic E-state index is 6.68. The number of hydrogen-bond acceptors (Lipinski definition) is 2. The van der Waals surface area contributed by atoms with E-state index in [1.807, 2.05) is 24.3 Å². The van der Waals surface area contributed by atoms with Gasteiger partial charge in [0.1, 0.15) is 22.5 Å². The second-order valence-electron chi connectivity index (χ2n) is 12.0. The van der Waals surface area contributed by atoms with Gasteiger partial charge in [0.05, 0.1) is 5.39 Å². The molecule has 0 N–H and O–H groups in total. The van der Waals surface area contributed by atoms with Crippen molar-refractivity contribution in [2.75, 3.05) is 0 Å². The Balaban J connectivity index is 1.38. The van der Waals surface area contributed by atoms with Crippen LogP contribution in [0.1, 0.15) is 0 Å². The first-order chi connectivity index (χ1) is 22.8. The Labute approximate surface area is 264 Å². The van der Waals surface area contributed by atoms with Gasteiger partial charge in [-0.1, -0.05) is 140 Å². The minimum Gasteiger partial charge on any atom is -0.456 e. The zero-order chi connectivity index (χ0) is 30.2. The maximum atomic E-state index is 6.68. The van der Waals surface area contributed by atoms with Crippen molar-refractivity contribution in [1.29, 1.82) is 0 Å². The van der Waals surface area contributed by atoms with Crippen molar-refractivity contribution in [2.24, 2.45) is 0 Å². The predicted octanol–water partition coefficient (Wildman–Crippen LogP) is 12.8. The van der Waals surface area contributed by atoms with E-state index in [-0.39, 0.29) is 0 Å². The van der Waals surface area contributed by atoms with Crippen LogP contribution in [0.15, 0.2) is 167 Å². The van der Waals surface area contributed by atoms with Crippen molar-refractivity contribution >= 4 is 65.2 Å². The average Bonchev–Trinajstić information content (AvgIpc) is 3.73. The number of fused-ring (bicyclic) bond motifs is 8. The van der Waals surface area contributed by atoms with Crippen LogP contribution in [0.5, 0.6) is 0 Å². The van der Waals surface area contributed by atoms with Gasteiger partial charge in [0.2, 0.25) is 0 Å². The van der Waals surface area contributed by atoms with Crippen LogP contribution >= 0.6 is 0 Å². The molecule has 0 amide bonds. The van der Waals surface area contributed by atoms with E-state index in [0.717, 1.165) is 49.8 Å². The Hall–Kier alpha value is -6.12. The van der Waals surface area contributed by atoms with E-state index >= 15 is 0 Å². The number of para-hydroxylation sites is 1. The zero-order valence-corrected chi connectivity index (χ0v) is 24.8. The summed E-state index contributed by atoms with van der Waals surface area (Å²) < 4.78 is 13.3. The summed E-state index contributed by atoms with van der Waals surface area (Å²) in [5.74, 6) is 0.829. The van der Waals surface area contributed by atoms with E-state index in [1.165, 1.54) is 49.0 Å². The van der Waals surface area contributed by atoms with Crippen LogP contribution in [0, 0.1) is 0 Å². The third-order valence-corrected chi connectivity index (χ3v) is 9.46. The summed E-state index contributed by atoms with van der Waals surface area (Å²) in [4.78, 5) is 0. The van der Waals surface area contributed by atoms with Crippen molar-refractivity contribution in [3.05, 3.63) is 158 Å². The van der Waals surface area contributed by atoms with E-state index in [9.17, 15) is 0 Å². The normalized spacial score (nSPS) is 11.9. The fraction of sp³-hybridized carbons (Fsp3) is 0. The molecule has 0 bridgehead atoms. The Morgan fingerprint density at radius 2 is 0.913 bits per heavy atom. The number of benzene rings is 8. The molecule has 0 unspecified atom stereocenters. The van der Waals surface area contributed by atoms with Gasteiger partial charge >= 0.3 is 0 Å². The monoisotopic (exact) mass is 586 g/mol. The van der Waals surface area contributed by atoms with Crippen LogP contribution in [0.25, 0.3) is 98.8 Å². The molecule has 2 heteroatoms. The summed E-state index contributed by atoms with van der Waals surface area (Å²) >= 11 is 0. The lowest BCUT2D eigenvalue weighted by Gasteiger charge is -2.19. The molecule has 2 nitrogen and oxygen atoms in total. The van der Waals surface area contributed by atoms with Crippen molar-refractivity contribution in [1.82, 2.24) is 0 Å². The lowest BCUT2D eigenvalue weighted by molar-refractivity contribution is 0.631. The molecular formula is C44H26O2. The largest absolute Gasteiger partial charge is 0.456 e. The van der Waals surface area contributed by atoms with Gasteiger partial charge < -0.3 is 8.83 Å². The van der Waals surface area contributed by atoms with Crippen molar-refractivity contribution < 1.29 is 8.83 Å². The Bertz CT molecular complexity index is 2740. The van der Waals surface area contributed by atoms with E-state index in [0.29, 0.717) is 0 Å². The van der Waals surface area contributed by atoms with E-state index in [1.54, 1.807) is 0 Å².